The molecular weight excluding hydrogens is 282 g/mol. The molecule has 5 heteroatoms. The average Bonchev–Trinajstić information content (AvgIpc) is 2.86. The lowest BCUT2D eigenvalue weighted by Crippen LogP contribution is -2.20. The Kier molecular flexibility index (Phi) is 4.82. The van der Waals surface area contributed by atoms with Gasteiger partial charge in [-0.1, -0.05) is 29.8 Å². The highest BCUT2D eigenvalue weighted by Gasteiger charge is 2.25. The van der Waals surface area contributed by atoms with Crippen LogP contribution >= 0.6 is 22.9 Å². The number of hydrogen-bond acceptors (Lipinski definition) is 4. The molecule has 0 saturated carbocycles. The fourth-order valence-electron chi connectivity index (χ4n) is 2.08. The van der Waals surface area contributed by atoms with Crippen LogP contribution in [0.1, 0.15) is 22.5 Å². The van der Waals surface area contributed by atoms with E-state index in [0.29, 0.717) is 10.9 Å². The number of ether oxygens (including phenoxy) is 1. The maximum atomic E-state index is 10.5. The van der Waals surface area contributed by atoms with E-state index in [-0.39, 0.29) is 5.92 Å². The van der Waals surface area contributed by atoms with E-state index in [1.165, 1.54) is 11.3 Å². The van der Waals surface area contributed by atoms with Gasteiger partial charge in [0.25, 0.3) is 0 Å². The smallest absolute Gasteiger partial charge is 0.122 e. The summed E-state index contributed by atoms with van der Waals surface area (Å²) < 4.78 is 5.99. The zero-order chi connectivity index (χ0) is 13.8. The highest BCUT2D eigenvalue weighted by molar-refractivity contribution is 7.16. The summed E-state index contributed by atoms with van der Waals surface area (Å²) in [6.45, 7) is 0.330. The number of para-hydroxylation sites is 1. The normalized spacial score (nSPS) is 14.1. The maximum absolute atomic E-state index is 10.5. The van der Waals surface area contributed by atoms with Crippen LogP contribution in [0, 0.1) is 0 Å². The van der Waals surface area contributed by atoms with Crippen molar-refractivity contribution < 1.29 is 9.84 Å². The Labute approximate surface area is 121 Å². The highest BCUT2D eigenvalue weighted by atomic mass is 35.5. The molecule has 2 aromatic rings. The molecule has 2 unspecified atom stereocenters. The molecule has 2 rings (SSSR count). The summed E-state index contributed by atoms with van der Waals surface area (Å²) >= 11 is 7.28. The number of aliphatic hydroxyl groups excluding tert-OH is 1. The van der Waals surface area contributed by atoms with Crippen molar-refractivity contribution in [2.75, 3.05) is 13.7 Å². The largest absolute Gasteiger partial charge is 0.496 e. The third kappa shape index (κ3) is 3.09. The molecule has 1 aromatic heterocycles. The van der Waals surface area contributed by atoms with E-state index in [9.17, 15) is 5.11 Å². The Hall–Kier alpha value is -1.07. The zero-order valence-electron chi connectivity index (χ0n) is 10.5. The standard InChI is InChI=1S/C14H16ClNO2S/c1-18-11-5-3-2-4-9(11)10(8-16)14(17)12-6-7-13(15)19-12/h2-7,10,14,17H,8,16H2,1H3. The summed E-state index contributed by atoms with van der Waals surface area (Å²) in [5.41, 5.74) is 6.74. The monoisotopic (exact) mass is 297 g/mol. The molecule has 0 saturated heterocycles. The van der Waals surface area contributed by atoms with Crippen molar-refractivity contribution >= 4 is 22.9 Å². The van der Waals surface area contributed by atoms with Crippen LogP contribution in [0.4, 0.5) is 0 Å². The van der Waals surface area contributed by atoms with Crippen molar-refractivity contribution in [1.29, 1.82) is 0 Å². The molecule has 0 bridgehead atoms. The zero-order valence-corrected chi connectivity index (χ0v) is 12.1. The molecule has 0 spiro atoms. The molecule has 102 valence electrons. The van der Waals surface area contributed by atoms with E-state index in [1.54, 1.807) is 13.2 Å². The lowest BCUT2D eigenvalue weighted by Gasteiger charge is -2.22. The predicted molar refractivity (Wildman–Crippen MR) is 79.1 cm³/mol. The number of nitrogens with two attached hydrogens (primary N) is 1. The molecule has 0 aliphatic rings. The number of halogens is 1. The fraction of sp³-hybridized carbons (Fsp3) is 0.286. The van der Waals surface area contributed by atoms with Crippen LogP contribution in [0.15, 0.2) is 36.4 Å². The van der Waals surface area contributed by atoms with Crippen LogP contribution in [-0.2, 0) is 0 Å². The van der Waals surface area contributed by atoms with Crippen molar-refractivity contribution in [1.82, 2.24) is 0 Å². The van der Waals surface area contributed by atoms with Crippen LogP contribution in [0.25, 0.3) is 0 Å². The van der Waals surface area contributed by atoms with Gasteiger partial charge in [-0.3, -0.25) is 0 Å². The predicted octanol–water partition coefficient (Wildman–Crippen LogP) is 3.19. The molecule has 2 atom stereocenters. The number of thiophene rings is 1. The third-order valence-corrected chi connectivity index (χ3v) is 4.36. The molecule has 0 aliphatic carbocycles. The van der Waals surface area contributed by atoms with Gasteiger partial charge in [0.15, 0.2) is 0 Å². The average molecular weight is 298 g/mol. The Morgan fingerprint density at radius 1 is 1.32 bits per heavy atom. The molecular formula is C14H16ClNO2S. The first-order valence-electron chi connectivity index (χ1n) is 5.93. The Bertz CT molecular complexity index is 544. The van der Waals surface area contributed by atoms with Crippen LogP contribution in [-0.4, -0.2) is 18.8 Å². The summed E-state index contributed by atoms with van der Waals surface area (Å²) in [5, 5.41) is 10.5. The second kappa shape index (κ2) is 6.39. The highest BCUT2D eigenvalue weighted by Crippen LogP contribution is 2.38. The van der Waals surface area contributed by atoms with Crippen LogP contribution in [0.5, 0.6) is 5.75 Å². The molecule has 19 heavy (non-hydrogen) atoms. The van der Waals surface area contributed by atoms with Gasteiger partial charge in [-0.25, -0.2) is 0 Å². The van der Waals surface area contributed by atoms with E-state index in [1.807, 2.05) is 30.3 Å². The van der Waals surface area contributed by atoms with Crippen LogP contribution < -0.4 is 10.5 Å². The summed E-state index contributed by atoms with van der Waals surface area (Å²) in [5.74, 6) is 0.519. The number of benzene rings is 1. The quantitative estimate of drug-likeness (QED) is 0.891. The molecule has 0 fully saturated rings. The fourth-order valence-corrected chi connectivity index (χ4v) is 3.20. The van der Waals surface area contributed by atoms with Gasteiger partial charge in [-0.05, 0) is 18.2 Å². The number of methoxy groups -OCH3 is 1. The first-order valence-corrected chi connectivity index (χ1v) is 7.13. The van der Waals surface area contributed by atoms with E-state index in [4.69, 9.17) is 22.1 Å². The van der Waals surface area contributed by atoms with Gasteiger partial charge in [0.1, 0.15) is 5.75 Å². The van der Waals surface area contributed by atoms with Crippen molar-refractivity contribution in [3.05, 3.63) is 51.2 Å². The van der Waals surface area contributed by atoms with E-state index in [0.717, 1.165) is 16.2 Å². The van der Waals surface area contributed by atoms with Crippen molar-refractivity contribution in [3.63, 3.8) is 0 Å². The Morgan fingerprint density at radius 2 is 2.05 bits per heavy atom. The van der Waals surface area contributed by atoms with Gasteiger partial charge >= 0.3 is 0 Å². The first kappa shape index (κ1) is 14.3. The number of hydrogen-bond donors (Lipinski definition) is 2. The van der Waals surface area contributed by atoms with Crippen LogP contribution in [0.2, 0.25) is 4.34 Å². The molecule has 0 radical (unpaired) electrons. The molecule has 1 aromatic carbocycles. The molecule has 3 N–H and O–H groups in total. The molecule has 0 amide bonds. The minimum absolute atomic E-state index is 0.217. The minimum Gasteiger partial charge on any atom is -0.496 e. The summed E-state index contributed by atoms with van der Waals surface area (Å²) in [6, 6.07) is 11.2. The SMILES string of the molecule is COc1ccccc1C(CN)C(O)c1ccc(Cl)s1. The summed E-state index contributed by atoms with van der Waals surface area (Å²) in [4.78, 5) is 0.811. The van der Waals surface area contributed by atoms with Gasteiger partial charge < -0.3 is 15.6 Å². The number of aliphatic hydroxyl groups is 1. The van der Waals surface area contributed by atoms with Crippen molar-refractivity contribution in [2.24, 2.45) is 5.73 Å². The maximum Gasteiger partial charge on any atom is 0.122 e. The minimum atomic E-state index is -0.682. The topological polar surface area (TPSA) is 55.5 Å². The summed E-state index contributed by atoms with van der Waals surface area (Å²) in [6.07, 6.45) is -0.682. The van der Waals surface area contributed by atoms with Gasteiger partial charge in [0.05, 0.1) is 17.6 Å². The van der Waals surface area contributed by atoms with Crippen LogP contribution in [0.3, 0.4) is 0 Å². The van der Waals surface area contributed by atoms with E-state index >= 15 is 0 Å². The lowest BCUT2D eigenvalue weighted by molar-refractivity contribution is 0.149. The Balaban J connectivity index is 2.33. The van der Waals surface area contributed by atoms with Gasteiger partial charge in [0.2, 0.25) is 0 Å². The lowest BCUT2D eigenvalue weighted by atomic mass is 9.92. The van der Waals surface area contributed by atoms with Crippen molar-refractivity contribution in [3.8, 4) is 5.75 Å². The number of rotatable bonds is 5. The summed E-state index contributed by atoms with van der Waals surface area (Å²) in [7, 11) is 1.61. The van der Waals surface area contributed by atoms with Gasteiger partial charge in [0, 0.05) is 22.9 Å². The van der Waals surface area contributed by atoms with Gasteiger partial charge in [-0.15, -0.1) is 11.3 Å². The first-order chi connectivity index (χ1) is 9.17. The second-order valence-electron chi connectivity index (χ2n) is 4.17. The molecule has 0 aliphatic heterocycles. The third-order valence-electron chi connectivity index (χ3n) is 3.06. The molecule has 3 nitrogen and oxygen atoms in total. The van der Waals surface area contributed by atoms with E-state index < -0.39 is 6.10 Å². The Morgan fingerprint density at radius 3 is 2.63 bits per heavy atom. The van der Waals surface area contributed by atoms with Gasteiger partial charge in [-0.2, -0.15) is 0 Å². The molecule has 1 heterocycles. The van der Waals surface area contributed by atoms with E-state index in [2.05, 4.69) is 0 Å². The second-order valence-corrected chi connectivity index (χ2v) is 5.92. The van der Waals surface area contributed by atoms with Crippen molar-refractivity contribution in [2.45, 2.75) is 12.0 Å².